The summed E-state index contributed by atoms with van der Waals surface area (Å²) in [5.74, 6) is -1.27. The number of nitrogens with zero attached hydrogens (tertiary/aromatic N) is 1. The Morgan fingerprint density at radius 2 is 2.43 bits per heavy atom. The van der Waals surface area contributed by atoms with Crippen molar-refractivity contribution in [3.05, 3.63) is 29.8 Å². The Bertz CT molecular complexity index is 315. The van der Waals surface area contributed by atoms with Crippen LogP contribution in [0.2, 0.25) is 0 Å². The molecule has 0 aromatic carbocycles. The van der Waals surface area contributed by atoms with E-state index in [1.54, 1.807) is 0 Å². The number of unbranched alkanes of at least 4 members (excludes halogenated alkanes) is 1. The van der Waals surface area contributed by atoms with Gasteiger partial charge in [0.25, 0.3) is 0 Å². The lowest BCUT2D eigenvalue weighted by atomic mass is 10.2. The average molecular weight is 197 g/mol. The van der Waals surface area contributed by atoms with Gasteiger partial charge >= 0.3 is 5.97 Å². The maximum atomic E-state index is 13.0. The summed E-state index contributed by atoms with van der Waals surface area (Å²) in [6.07, 6.45) is 4.08. The molecular weight excluding hydrogens is 185 g/mol. The molecule has 4 heteroatoms. The van der Waals surface area contributed by atoms with E-state index in [2.05, 4.69) is 4.98 Å². The highest BCUT2D eigenvalue weighted by Crippen LogP contribution is 2.06. The molecule has 0 bridgehead atoms. The zero-order valence-electron chi connectivity index (χ0n) is 8.00. The molecule has 0 aliphatic rings. The Hall–Kier alpha value is -1.45. The molecule has 1 heterocycles. The van der Waals surface area contributed by atoms with Crippen LogP contribution < -0.4 is 0 Å². The quantitative estimate of drug-likeness (QED) is 0.548. The number of halogens is 1. The van der Waals surface area contributed by atoms with Crippen LogP contribution in [0, 0.1) is 5.82 Å². The van der Waals surface area contributed by atoms with Crippen LogP contribution in [0.15, 0.2) is 18.5 Å². The van der Waals surface area contributed by atoms with E-state index in [1.165, 1.54) is 12.3 Å². The van der Waals surface area contributed by atoms with Crippen molar-refractivity contribution >= 4 is 5.97 Å². The Labute approximate surface area is 81.9 Å². The fourth-order valence-electron chi connectivity index (χ4n) is 0.928. The molecule has 14 heavy (non-hydrogen) atoms. The minimum Gasteiger partial charge on any atom is -0.462 e. The standard InChI is InChI=1S/C10H12FNO2/c1-2-3-6-14-10(13)8-4-5-12-7-9(8)11/h4-5,7H,2-3,6H2,1H3. The first-order valence-corrected chi connectivity index (χ1v) is 4.52. The van der Waals surface area contributed by atoms with Gasteiger partial charge in [-0.15, -0.1) is 0 Å². The van der Waals surface area contributed by atoms with E-state index in [4.69, 9.17) is 4.74 Å². The van der Waals surface area contributed by atoms with E-state index >= 15 is 0 Å². The van der Waals surface area contributed by atoms with Gasteiger partial charge in [0.05, 0.1) is 18.4 Å². The molecule has 0 spiro atoms. The van der Waals surface area contributed by atoms with Crippen LogP contribution in [0.1, 0.15) is 30.1 Å². The van der Waals surface area contributed by atoms with Crippen molar-refractivity contribution in [2.45, 2.75) is 19.8 Å². The lowest BCUT2D eigenvalue weighted by Crippen LogP contribution is -2.08. The number of hydrogen-bond donors (Lipinski definition) is 0. The normalized spacial score (nSPS) is 9.86. The summed E-state index contributed by atoms with van der Waals surface area (Å²) < 4.78 is 17.8. The van der Waals surface area contributed by atoms with Crippen molar-refractivity contribution < 1.29 is 13.9 Å². The predicted molar refractivity (Wildman–Crippen MR) is 49.4 cm³/mol. The van der Waals surface area contributed by atoms with Crippen LogP contribution >= 0.6 is 0 Å². The number of carbonyl (C=O) groups is 1. The molecule has 1 aromatic heterocycles. The minimum atomic E-state index is -0.644. The summed E-state index contributed by atoms with van der Waals surface area (Å²) in [6, 6.07) is 1.31. The lowest BCUT2D eigenvalue weighted by molar-refractivity contribution is 0.0494. The summed E-state index contributed by atoms with van der Waals surface area (Å²) in [5.41, 5.74) is -0.0592. The second-order valence-corrected chi connectivity index (χ2v) is 2.84. The number of pyridine rings is 1. The number of aromatic nitrogens is 1. The van der Waals surface area contributed by atoms with Crippen LogP contribution in [0.4, 0.5) is 4.39 Å². The van der Waals surface area contributed by atoms with Crippen LogP contribution in [0.3, 0.4) is 0 Å². The van der Waals surface area contributed by atoms with E-state index in [9.17, 15) is 9.18 Å². The third-order valence-corrected chi connectivity index (χ3v) is 1.72. The molecule has 0 aliphatic heterocycles. The van der Waals surface area contributed by atoms with Gasteiger partial charge in [0.15, 0.2) is 5.82 Å². The molecule has 76 valence electrons. The average Bonchev–Trinajstić information content (AvgIpc) is 2.18. The van der Waals surface area contributed by atoms with E-state index in [0.29, 0.717) is 6.61 Å². The van der Waals surface area contributed by atoms with Crippen molar-refractivity contribution in [1.29, 1.82) is 0 Å². The van der Waals surface area contributed by atoms with E-state index in [-0.39, 0.29) is 5.56 Å². The van der Waals surface area contributed by atoms with Gasteiger partial charge in [-0.3, -0.25) is 4.98 Å². The number of carbonyl (C=O) groups excluding carboxylic acids is 1. The maximum Gasteiger partial charge on any atom is 0.341 e. The fraction of sp³-hybridized carbons (Fsp3) is 0.400. The largest absolute Gasteiger partial charge is 0.462 e. The molecule has 0 aliphatic carbocycles. The second kappa shape index (κ2) is 5.32. The van der Waals surface area contributed by atoms with Gasteiger partial charge in [-0.1, -0.05) is 13.3 Å². The number of hydrogen-bond acceptors (Lipinski definition) is 3. The predicted octanol–water partition coefficient (Wildman–Crippen LogP) is 2.18. The first kappa shape index (κ1) is 10.6. The smallest absolute Gasteiger partial charge is 0.341 e. The van der Waals surface area contributed by atoms with Gasteiger partial charge in [-0.2, -0.15) is 0 Å². The van der Waals surface area contributed by atoms with Gasteiger partial charge in [0, 0.05) is 6.20 Å². The molecule has 1 aromatic rings. The van der Waals surface area contributed by atoms with Gasteiger partial charge in [0.1, 0.15) is 0 Å². The van der Waals surface area contributed by atoms with Gasteiger partial charge < -0.3 is 4.74 Å². The number of rotatable bonds is 4. The Balaban J connectivity index is 2.56. The molecule has 0 atom stereocenters. The molecule has 0 unspecified atom stereocenters. The third kappa shape index (κ3) is 2.80. The summed E-state index contributed by atoms with van der Waals surface area (Å²) >= 11 is 0. The SMILES string of the molecule is CCCCOC(=O)c1ccncc1F. The molecular formula is C10H12FNO2. The first-order chi connectivity index (χ1) is 6.75. The summed E-state index contributed by atoms with van der Waals surface area (Å²) in [6.45, 7) is 2.32. The van der Waals surface area contributed by atoms with Crippen LogP contribution in [-0.2, 0) is 4.74 Å². The molecule has 0 saturated carbocycles. The molecule has 0 radical (unpaired) electrons. The van der Waals surface area contributed by atoms with Gasteiger partial charge in [0.2, 0.25) is 0 Å². The zero-order valence-corrected chi connectivity index (χ0v) is 8.00. The zero-order chi connectivity index (χ0) is 10.4. The van der Waals surface area contributed by atoms with Crippen molar-refractivity contribution in [3.63, 3.8) is 0 Å². The Morgan fingerprint density at radius 3 is 3.07 bits per heavy atom. The topological polar surface area (TPSA) is 39.2 Å². The van der Waals surface area contributed by atoms with E-state index in [0.717, 1.165) is 19.0 Å². The molecule has 0 N–H and O–H groups in total. The highest BCUT2D eigenvalue weighted by Gasteiger charge is 2.11. The van der Waals surface area contributed by atoms with Crippen LogP contribution in [-0.4, -0.2) is 17.6 Å². The molecule has 0 fully saturated rings. The fourth-order valence-corrected chi connectivity index (χ4v) is 0.928. The highest BCUT2D eigenvalue weighted by atomic mass is 19.1. The third-order valence-electron chi connectivity index (χ3n) is 1.72. The van der Waals surface area contributed by atoms with Crippen molar-refractivity contribution in [1.82, 2.24) is 4.98 Å². The second-order valence-electron chi connectivity index (χ2n) is 2.84. The molecule has 0 saturated heterocycles. The molecule has 1 rings (SSSR count). The van der Waals surface area contributed by atoms with Crippen LogP contribution in [0.5, 0.6) is 0 Å². The summed E-state index contributed by atoms with van der Waals surface area (Å²) in [7, 11) is 0. The van der Waals surface area contributed by atoms with Crippen LogP contribution in [0.25, 0.3) is 0 Å². The van der Waals surface area contributed by atoms with Gasteiger partial charge in [-0.25, -0.2) is 9.18 Å². The minimum absolute atomic E-state index is 0.0592. The monoisotopic (exact) mass is 197 g/mol. The lowest BCUT2D eigenvalue weighted by Gasteiger charge is -2.03. The highest BCUT2D eigenvalue weighted by molar-refractivity contribution is 5.89. The van der Waals surface area contributed by atoms with Crippen molar-refractivity contribution in [3.8, 4) is 0 Å². The Morgan fingerprint density at radius 1 is 1.64 bits per heavy atom. The summed E-state index contributed by atoms with van der Waals surface area (Å²) in [4.78, 5) is 14.8. The number of ether oxygens (including phenoxy) is 1. The van der Waals surface area contributed by atoms with E-state index in [1.807, 2.05) is 6.92 Å². The first-order valence-electron chi connectivity index (χ1n) is 4.52. The number of esters is 1. The van der Waals surface area contributed by atoms with E-state index < -0.39 is 11.8 Å². The van der Waals surface area contributed by atoms with Gasteiger partial charge in [-0.05, 0) is 12.5 Å². The summed E-state index contributed by atoms with van der Waals surface area (Å²) in [5, 5.41) is 0. The molecule has 3 nitrogen and oxygen atoms in total. The maximum absolute atomic E-state index is 13.0. The van der Waals surface area contributed by atoms with Crippen molar-refractivity contribution in [2.75, 3.05) is 6.61 Å². The molecule has 0 amide bonds. The Kier molecular flexibility index (Phi) is 4.04. The van der Waals surface area contributed by atoms with Crippen molar-refractivity contribution in [2.24, 2.45) is 0 Å².